The largest absolute Gasteiger partial charge is 0.457 e. The Balaban J connectivity index is 1.50. The molecule has 0 spiro atoms. The van der Waals surface area contributed by atoms with Gasteiger partial charge < -0.3 is 4.42 Å². The summed E-state index contributed by atoms with van der Waals surface area (Å²) in [6, 6.07) is 20.4. The number of aryl methyl sites for hydroxylation is 1. The number of rotatable bonds is 6. The Morgan fingerprint density at radius 1 is 1.03 bits per heavy atom. The van der Waals surface area contributed by atoms with E-state index in [0.29, 0.717) is 40.5 Å². The molecule has 0 aliphatic carbocycles. The molecule has 7 heteroatoms. The summed E-state index contributed by atoms with van der Waals surface area (Å²) in [5.74, 6) is 0.941. The van der Waals surface area contributed by atoms with E-state index in [2.05, 4.69) is 10.2 Å². The Bertz CT molecular complexity index is 1430. The van der Waals surface area contributed by atoms with Gasteiger partial charge in [0.05, 0.1) is 28.7 Å². The molecule has 0 saturated heterocycles. The number of hydrogen-bond acceptors (Lipinski definition) is 5. The third kappa shape index (κ3) is 4.23. The molecule has 0 atom stereocenters. The second kappa shape index (κ2) is 8.78. The van der Waals surface area contributed by atoms with E-state index in [0.717, 1.165) is 11.1 Å². The Morgan fingerprint density at radius 3 is 2.47 bits per heavy atom. The summed E-state index contributed by atoms with van der Waals surface area (Å²) in [5.41, 5.74) is 4.19. The fourth-order valence-corrected chi connectivity index (χ4v) is 3.81. The summed E-state index contributed by atoms with van der Waals surface area (Å²) >= 11 is 0. The minimum Gasteiger partial charge on any atom is -0.457 e. The molecule has 34 heavy (non-hydrogen) atoms. The number of hydrazone groups is 1. The van der Waals surface area contributed by atoms with Crippen LogP contribution in [0.4, 0.5) is 5.69 Å². The van der Waals surface area contributed by atoms with Crippen molar-refractivity contribution >= 4 is 29.2 Å². The molecule has 0 saturated carbocycles. The normalized spacial score (nSPS) is 14.6. The molecule has 1 amide bonds. The van der Waals surface area contributed by atoms with Gasteiger partial charge in [-0.1, -0.05) is 30.3 Å². The molecule has 168 valence electrons. The maximum atomic E-state index is 13.4. The van der Waals surface area contributed by atoms with Gasteiger partial charge in [-0.05, 0) is 55.0 Å². The number of Topliss-reactive ketones (excluding diaryl/α,β-unsaturated/α-hetero) is 1. The first-order valence-corrected chi connectivity index (χ1v) is 10.9. The molecule has 0 unspecified atom stereocenters. The molecule has 0 fully saturated rings. The lowest BCUT2D eigenvalue weighted by molar-refractivity contribution is -0.114. The van der Waals surface area contributed by atoms with Gasteiger partial charge in [0.2, 0.25) is 0 Å². The van der Waals surface area contributed by atoms with Gasteiger partial charge in [-0.25, -0.2) is 0 Å². The van der Waals surface area contributed by atoms with Gasteiger partial charge in [0.25, 0.3) is 5.91 Å². The summed E-state index contributed by atoms with van der Waals surface area (Å²) in [4.78, 5) is 25.1. The van der Waals surface area contributed by atoms with E-state index in [4.69, 9.17) is 4.42 Å². The van der Waals surface area contributed by atoms with E-state index >= 15 is 0 Å². The monoisotopic (exact) mass is 450 g/mol. The van der Waals surface area contributed by atoms with E-state index in [1.807, 2.05) is 55.7 Å². The molecule has 0 bridgehead atoms. The molecule has 0 N–H and O–H groups in total. The van der Waals surface area contributed by atoms with Crippen molar-refractivity contribution in [3.05, 3.63) is 102 Å². The van der Waals surface area contributed by atoms with Crippen molar-refractivity contribution in [2.45, 2.75) is 13.3 Å². The minimum absolute atomic E-state index is 0.0320. The van der Waals surface area contributed by atoms with Crippen LogP contribution in [0.3, 0.4) is 0 Å². The number of nitrogens with zero attached hydrogens (tertiary/aromatic N) is 4. The predicted molar refractivity (Wildman–Crippen MR) is 130 cm³/mol. The van der Waals surface area contributed by atoms with Gasteiger partial charge in [-0.2, -0.15) is 15.2 Å². The average molecular weight is 450 g/mol. The second-order valence-corrected chi connectivity index (χ2v) is 8.09. The summed E-state index contributed by atoms with van der Waals surface area (Å²) in [7, 11) is 1.84. The Labute approximate surface area is 196 Å². The summed E-state index contributed by atoms with van der Waals surface area (Å²) in [6.07, 6.45) is 5.82. The van der Waals surface area contributed by atoms with E-state index in [1.165, 1.54) is 11.9 Å². The van der Waals surface area contributed by atoms with Crippen LogP contribution in [0.5, 0.6) is 0 Å². The first-order chi connectivity index (χ1) is 16.5. The maximum absolute atomic E-state index is 13.4. The van der Waals surface area contributed by atoms with Crippen LogP contribution in [0.1, 0.15) is 28.6 Å². The number of hydrogen-bond donors (Lipinski definition) is 0. The van der Waals surface area contributed by atoms with Crippen LogP contribution in [0.2, 0.25) is 0 Å². The van der Waals surface area contributed by atoms with Crippen molar-refractivity contribution in [2.75, 3.05) is 5.01 Å². The standard InChI is InChI=1S/C27H22N4O3/c1-18(32)20-8-10-22(11-9-20)31-27(33)24(25(29-31)14-19-6-4-3-5-7-19)15-23-12-13-26(34-23)21-16-28-30(2)17-21/h3-13,15-17H,14H2,1-2H3/b24-15-. The number of ketones is 1. The number of benzene rings is 2. The number of carbonyl (C=O) groups is 2. The summed E-state index contributed by atoms with van der Waals surface area (Å²) in [6.45, 7) is 1.51. The fraction of sp³-hybridized carbons (Fsp3) is 0.111. The molecule has 1 aliphatic heterocycles. The zero-order chi connectivity index (χ0) is 23.7. The van der Waals surface area contributed by atoms with Gasteiger partial charge in [0, 0.05) is 25.2 Å². The van der Waals surface area contributed by atoms with Crippen molar-refractivity contribution in [2.24, 2.45) is 12.1 Å². The first kappa shape index (κ1) is 21.3. The SMILES string of the molecule is CC(=O)c1ccc(N2N=C(Cc3ccccc3)/C(=C/c3ccc(-c4cnn(C)c4)o3)C2=O)cc1. The number of amides is 1. The summed E-state index contributed by atoms with van der Waals surface area (Å²) in [5, 5.41) is 10.2. The third-order valence-corrected chi connectivity index (χ3v) is 5.59. The molecule has 5 rings (SSSR count). The average Bonchev–Trinajstić information content (AvgIpc) is 3.56. The van der Waals surface area contributed by atoms with Crippen LogP contribution in [0, 0.1) is 0 Å². The molecule has 2 aromatic carbocycles. The fourth-order valence-electron chi connectivity index (χ4n) is 3.81. The van der Waals surface area contributed by atoms with E-state index < -0.39 is 0 Å². The maximum Gasteiger partial charge on any atom is 0.280 e. The highest BCUT2D eigenvalue weighted by Crippen LogP contribution is 2.29. The predicted octanol–water partition coefficient (Wildman–Crippen LogP) is 4.91. The first-order valence-electron chi connectivity index (χ1n) is 10.9. The Kier molecular flexibility index (Phi) is 5.51. The van der Waals surface area contributed by atoms with Crippen LogP contribution in [-0.4, -0.2) is 27.2 Å². The lowest BCUT2D eigenvalue weighted by Gasteiger charge is -2.11. The Hall–Kier alpha value is -4.52. The lowest BCUT2D eigenvalue weighted by atomic mass is 10.0. The van der Waals surface area contributed by atoms with E-state index in [-0.39, 0.29) is 11.7 Å². The van der Waals surface area contributed by atoms with E-state index in [1.54, 1.807) is 41.2 Å². The van der Waals surface area contributed by atoms with Gasteiger partial charge in [0.1, 0.15) is 11.5 Å². The van der Waals surface area contributed by atoms with Crippen LogP contribution < -0.4 is 5.01 Å². The van der Waals surface area contributed by atoms with Crippen molar-refractivity contribution < 1.29 is 14.0 Å². The molecule has 0 radical (unpaired) electrons. The second-order valence-electron chi connectivity index (χ2n) is 8.09. The molecule has 4 aromatic rings. The number of furan rings is 1. The zero-order valence-corrected chi connectivity index (χ0v) is 18.8. The molecule has 3 heterocycles. The molecule has 7 nitrogen and oxygen atoms in total. The van der Waals surface area contributed by atoms with Crippen LogP contribution >= 0.6 is 0 Å². The van der Waals surface area contributed by atoms with Crippen LogP contribution in [-0.2, 0) is 18.3 Å². The smallest absolute Gasteiger partial charge is 0.280 e. The Morgan fingerprint density at radius 2 is 1.79 bits per heavy atom. The highest BCUT2D eigenvalue weighted by atomic mass is 16.3. The molecular weight excluding hydrogens is 428 g/mol. The minimum atomic E-state index is -0.249. The van der Waals surface area contributed by atoms with Gasteiger partial charge in [-0.15, -0.1) is 0 Å². The van der Waals surface area contributed by atoms with Crippen molar-refractivity contribution in [1.29, 1.82) is 0 Å². The van der Waals surface area contributed by atoms with Crippen molar-refractivity contribution in [3.63, 3.8) is 0 Å². The summed E-state index contributed by atoms with van der Waals surface area (Å²) < 4.78 is 7.69. The molecule has 2 aromatic heterocycles. The van der Waals surface area contributed by atoms with Gasteiger partial charge in [-0.3, -0.25) is 14.3 Å². The molecular formula is C27H22N4O3. The lowest BCUT2D eigenvalue weighted by Crippen LogP contribution is -2.21. The van der Waals surface area contributed by atoms with Crippen LogP contribution in [0.15, 0.2) is 94.2 Å². The van der Waals surface area contributed by atoms with Crippen LogP contribution in [0.25, 0.3) is 17.4 Å². The van der Waals surface area contributed by atoms with Crippen molar-refractivity contribution in [1.82, 2.24) is 9.78 Å². The van der Waals surface area contributed by atoms with E-state index in [9.17, 15) is 9.59 Å². The van der Waals surface area contributed by atoms with Gasteiger partial charge >= 0.3 is 0 Å². The third-order valence-electron chi connectivity index (χ3n) is 5.59. The number of carbonyl (C=O) groups excluding carboxylic acids is 2. The quantitative estimate of drug-likeness (QED) is 0.309. The molecule has 1 aliphatic rings. The highest BCUT2D eigenvalue weighted by molar-refractivity contribution is 6.33. The number of aromatic nitrogens is 2. The zero-order valence-electron chi connectivity index (χ0n) is 18.8. The van der Waals surface area contributed by atoms with Gasteiger partial charge in [0.15, 0.2) is 5.78 Å². The number of anilines is 1. The highest BCUT2D eigenvalue weighted by Gasteiger charge is 2.31. The topological polar surface area (TPSA) is 80.7 Å². The van der Waals surface area contributed by atoms with Crippen molar-refractivity contribution in [3.8, 4) is 11.3 Å².